The summed E-state index contributed by atoms with van der Waals surface area (Å²) in [7, 11) is 0. The Kier molecular flexibility index (Phi) is 4.34. The highest BCUT2D eigenvalue weighted by Crippen LogP contribution is 2.45. The molecule has 3 nitrogen and oxygen atoms in total. The van der Waals surface area contributed by atoms with Crippen molar-refractivity contribution in [1.29, 1.82) is 0 Å². The number of hydrogen-bond acceptors (Lipinski definition) is 3. The van der Waals surface area contributed by atoms with Gasteiger partial charge in [0.1, 0.15) is 0 Å². The van der Waals surface area contributed by atoms with E-state index >= 15 is 0 Å². The lowest BCUT2D eigenvalue weighted by Crippen LogP contribution is -2.49. The average Bonchev–Trinajstić information content (AvgIpc) is 2.56. The first-order chi connectivity index (χ1) is 10.2. The van der Waals surface area contributed by atoms with Crippen LogP contribution < -0.4 is 0 Å². The molecule has 2 aliphatic rings. The molecule has 2 atom stereocenters. The minimum Gasteiger partial charge on any atom is -0.385 e. The van der Waals surface area contributed by atoms with Gasteiger partial charge in [-0.2, -0.15) is 0 Å². The van der Waals surface area contributed by atoms with E-state index in [9.17, 15) is 5.11 Å². The standard InChI is InChI=1S/C18H26O3/c1-2-18(19,15-6-4-3-5-7-15)16-8-11-21-17(14-16)9-12-20-13-10-17/h3-7,16,19H,2,8-14H2,1H3. The molecule has 0 amide bonds. The predicted octanol–water partition coefficient (Wildman–Crippen LogP) is 3.26. The summed E-state index contributed by atoms with van der Waals surface area (Å²) in [5, 5.41) is 11.3. The lowest BCUT2D eigenvalue weighted by molar-refractivity contribution is -0.178. The monoisotopic (exact) mass is 290 g/mol. The number of rotatable bonds is 3. The molecule has 1 aromatic rings. The molecule has 0 aliphatic carbocycles. The van der Waals surface area contributed by atoms with Crippen molar-refractivity contribution in [3.63, 3.8) is 0 Å². The van der Waals surface area contributed by atoms with Crippen LogP contribution in [-0.2, 0) is 15.1 Å². The second-order valence-electron chi connectivity index (χ2n) is 6.48. The van der Waals surface area contributed by atoms with Crippen molar-refractivity contribution in [2.24, 2.45) is 5.92 Å². The molecule has 3 heteroatoms. The van der Waals surface area contributed by atoms with Crippen LogP contribution in [0, 0.1) is 5.92 Å². The molecule has 116 valence electrons. The Morgan fingerprint density at radius 2 is 1.90 bits per heavy atom. The highest BCUT2D eigenvalue weighted by atomic mass is 16.5. The highest BCUT2D eigenvalue weighted by molar-refractivity contribution is 5.23. The van der Waals surface area contributed by atoms with Gasteiger partial charge in [0.15, 0.2) is 0 Å². The topological polar surface area (TPSA) is 38.7 Å². The molecular weight excluding hydrogens is 264 g/mol. The summed E-state index contributed by atoms with van der Waals surface area (Å²) < 4.78 is 11.6. The van der Waals surface area contributed by atoms with Crippen LogP contribution in [0.3, 0.4) is 0 Å². The quantitative estimate of drug-likeness (QED) is 0.928. The van der Waals surface area contributed by atoms with Crippen LogP contribution >= 0.6 is 0 Å². The van der Waals surface area contributed by atoms with E-state index in [1.165, 1.54) is 0 Å². The second kappa shape index (κ2) is 6.07. The van der Waals surface area contributed by atoms with Crippen molar-refractivity contribution in [2.75, 3.05) is 19.8 Å². The van der Waals surface area contributed by atoms with Gasteiger partial charge in [-0.05, 0) is 43.6 Å². The molecule has 0 saturated carbocycles. The molecule has 0 bridgehead atoms. The van der Waals surface area contributed by atoms with Crippen LogP contribution in [0.25, 0.3) is 0 Å². The predicted molar refractivity (Wildman–Crippen MR) is 82.1 cm³/mol. The first-order valence-corrected chi connectivity index (χ1v) is 8.18. The van der Waals surface area contributed by atoms with Gasteiger partial charge in [-0.15, -0.1) is 0 Å². The van der Waals surface area contributed by atoms with E-state index in [2.05, 4.69) is 19.1 Å². The number of ether oxygens (including phenoxy) is 2. The molecule has 21 heavy (non-hydrogen) atoms. The van der Waals surface area contributed by atoms with E-state index in [4.69, 9.17) is 9.47 Å². The maximum atomic E-state index is 11.3. The largest absolute Gasteiger partial charge is 0.385 e. The van der Waals surface area contributed by atoms with Crippen molar-refractivity contribution in [1.82, 2.24) is 0 Å². The van der Waals surface area contributed by atoms with Gasteiger partial charge in [0.25, 0.3) is 0 Å². The summed E-state index contributed by atoms with van der Waals surface area (Å²) in [6.45, 7) is 4.39. The Labute approximate surface area is 127 Å². The Morgan fingerprint density at radius 1 is 1.19 bits per heavy atom. The molecule has 2 unspecified atom stereocenters. The maximum absolute atomic E-state index is 11.3. The zero-order chi connectivity index (χ0) is 14.8. The zero-order valence-electron chi connectivity index (χ0n) is 12.9. The molecule has 2 fully saturated rings. The fourth-order valence-corrected chi connectivity index (χ4v) is 3.98. The molecule has 0 radical (unpaired) electrons. The van der Waals surface area contributed by atoms with Crippen LogP contribution in [0.4, 0.5) is 0 Å². The summed E-state index contributed by atoms with van der Waals surface area (Å²) in [5.74, 6) is 0.261. The Morgan fingerprint density at radius 3 is 2.57 bits per heavy atom. The fraction of sp³-hybridized carbons (Fsp3) is 0.667. The molecule has 2 aliphatic heterocycles. The summed E-state index contributed by atoms with van der Waals surface area (Å²) in [6, 6.07) is 10.1. The second-order valence-corrected chi connectivity index (χ2v) is 6.48. The van der Waals surface area contributed by atoms with Gasteiger partial charge >= 0.3 is 0 Å². The van der Waals surface area contributed by atoms with Crippen molar-refractivity contribution >= 4 is 0 Å². The van der Waals surface area contributed by atoms with Gasteiger partial charge in [-0.1, -0.05) is 37.3 Å². The first-order valence-electron chi connectivity index (χ1n) is 8.18. The van der Waals surface area contributed by atoms with Crippen LogP contribution in [0.5, 0.6) is 0 Å². The van der Waals surface area contributed by atoms with Crippen molar-refractivity contribution in [2.45, 2.75) is 50.2 Å². The van der Waals surface area contributed by atoms with E-state index in [-0.39, 0.29) is 11.5 Å². The SMILES string of the molecule is CCC(O)(c1ccccc1)C1CCOC2(CCOCC2)C1. The van der Waals surface area contributed by atoms with Gasteiger partial charge in [0.05, 0.1) is 11.2 Å². The zero-order valence-corrected chi connectivity index (χ0v) is 12.9. The molecule has 2 saturated heterocycles. The van der Waals surface area contributed by atoms with E-state index < -0.39 is 5.60 Å². The van der Waals surface area contributed by atoms with Crippen molar-refractivity contribution in [3.8, 4) is 0 Å². The number of benzene rings is 1. The van der Waals surface area contributed by atoms with Crippen LogP contribution in [-0.4, -0.2) is 30.5 Å². The average molecular weight is 290 g/mol. The summed E-state index contributed by atoms with van der Waals surface area (Å²) >= 11 is 0. The van der Waals surface area contributed by atoms with E-state index in [1.807, 2.05) is 18.2 Å². The summed E-state index contributed by atoms with van der Waals surface area (Å²) in [6.07, 6.45) is 4.53. The van der Waals surface area contributed by atoms with Gasteiger partial charge in [-0.25, -0.2) is 0 Å². The third-order valence-corrected chi connectivity index (χ3v) is 5.39. The maximum Gasteiger partial charge on any atom is 0.0923 e. The normalized spacial score (nSPS) is 28.2. The van der Waals surface area contributed by atoms with Gasteiger partial charge in [-0.3, -0.25) is 0 Å². The third-order valence-electron chi connectivity index (χ3n) is 5.39. The van der Waals surface area contributed by atoms with Crippen LogP contribution in [0.15, 0.2) is 30.3 Å². The highest BCUT2D eigenvalue weighted by Gasteiger charge is 2.46. The molecule has 1 N–H and O–H groups in total. The van der Waals surface area contributed by atoms with Crippen LogP contribution in [0.2, 0.25) is 0 Å². The first kappa shape index (κ1) is 15.0. The van der Waals surface area contributed by atoms with Gasteiger partial charge in [0, 0.05) is 19.8 Å². The molecule has 2 heterocycles. The molecule has 1 spiro atoms. The van der Waals surface area contributed by atoms with Crippen molar-refractivity contribution in [3.05, 3.63) is 35.9 Å². The van der Waals surface area contributed by atoms with Crippen molar-refractivity contribution < 1.29 is 14.6 Å². The smallest absolute Gasteiger partial charge is 0.0923 e. The third kappa shape index (κ3) is 2.87. The lowest BCUT2D eigenvalue weighted by atomic mass is 9.69. The molecular formula is C18H26O3. The van der Waals surface area contributed by atoms with Crippen LogP contribution in [0.1, 0.15) is 44.6 Å². The Hall–Kier alpha value is -0.900. The van der Waals surface area contributed by atoms with Gasteiger partial charge < -0.3 is 14.6 Å². The van der Waals surface area contributed by atoms with E-state index in [0.29, 0.717) is 0 Å². The minimum absolute atomic E-state index is 0.0703. The number of aliphatic hydroxyl groups is 1. The summed E-state index contributed by atoms with van der Waals surface area (Å²) in [5.41, 5.74) is 0.233. The van der Waals surface area contributed by atoms with E-state index in [1.54, 1.807) is 0 Å². The Bertz CT molecular complexity index is 447. The summed E-state index contributed by atoms with van der Waals surface area (Å²) in [4.78, 5) is 0. The molecule has 1 aromatic carbocycles. The molecule has 0 aromatic heterocycles. The fourth-order valence-electron chi connectivity index (χ4n) is 3.98. The Balaban J connectivity index is 1.83. The molecule has 3 rings (SSSR count). The minimum atomic E-state index is -0.740. The van der Waals surface area contributed by atoms with Gasteiger partial charge in [0.2, 0.25) is 0 Å². The lowest BCUT2D eigenvalue weighted by Gasteiger charge is -2.48. The van der Waals surface area contributed by atoms with E-state index in [0.717, 1.165) is 57.5 Å². The number of hydrogen-bond donors (Lipinski definition) is 1.